The Balaban J connectivity index is 0.00000405. The number of carbonyl (C=O) groups is 2. The number of benzene rings is 1. The van der Waals surface area contributed by atoms with Gasteiger partial charge in [0, 0.05) is 44.6 Å². The minimum Gasteiger partial charge on any atom is -0.465 e. The summed E-state index contributed by atoms with van der Waals surface area (Å²) in [5.41, 5.74) is -0.604. The highest BCUT2D eigenvalue weighted by Crippen LogP contribution is 2.46. The van der Waals surface area contributed by atoms with Crippen LogP contribution in [0.3, 0.4) is 0 Å². The molecular formula is C31H43ClF3N3O4. The van der Waals surface area contributed by atoms with Crippen molar-refractivity contribution < 1.29 is 32.2 Å². The van der Waals surface area contributed by atoms with Gasteiger partial charge in [0.1, 0.15) is 11.6 Å². The topological polar surface area (TPSA) is 71.1 Å². The number of nitrogens with zero attached hydrogens (tertiary/aromatic N) is 2. The minimum atomic E-state index is -4.47. The molecule has 4 aliphatic rings. The van der Waals surface area contributed by atoms with Crippen LogP contribution >= 0.6 is 12.4 Å². The quantitative estimate of drug-likeness (QED) is 0.339. The maximum absolute atomic E-state index is 13.6. The summed E-state index contributed by atoms with van der Waals surface area (Å²) in [4.78, 5) is 29.8. The lowest BCUT2D eigenvalue weighted by atomic mass is 9.95. The number of alkyl halides is 3. The SMILES string of the molecule is CCOC(=O)C12CC1/C=C\CCCCCCCN1CC(OC(=O)N3CCc4cccc(C(F)(F)F)c4C3)CC1CN2.Cl. The van der Waals surface area contributed by atoms with Crippen LogP contribution in [0.15, 0.2) is 30.4 Å². The van der Waals surface area contributed by atoms with Crippen LogP contribution < -0.4 is 5.32 Å². The van der Waals surface area contributed by atoms with Gasteiger partial charge in [0.15, 0.2) is 0 Å². The van der Waals surface area contributed by atoms with Crippen molar-refractivity contribution in [2.75, 3.05) is 32.8 Å². The second-order valence-electron chi connectivity index (χ2n) is 11.9. The van der Waals surface area contributed by atoms with E-state index in [9.17, 15) is 22.8 Å². The smallest absolute Gasteiger partial charge is 0.416 e. The van der Waals surface area contributed by atoms with Gasteiger partial charge in [0.2, 0.25) is 0 Å². The van der Waals surface area contributed by atoms with Crippen LogP contribution in [0.5, 0.6) is 0 Å². The molecule has 4 atom stereocenters. The van der Waals surface area contributed by atoms with Crippen LogP contribution in [0.4, 0.5) is 18.0 Å². The number of hydrogen-bond acceptors (Lipinski definition) is 6. The van der Waals surface area contributed by atoms with E-state index < -0.39 is 23.4 Å². The van der Waals surface area contributed by atoms with Crippen LogP contribution in [0.2, 0.25) is 0 Å². The highest BCUT2D eigenvalue weighted by atomic mass is 35.5. The molecule has 1 saturated heterocycles. The van der Waals surface area contributed by atoms with Gasteiger partial charge in [-0.25, -0.2) is 4.79 Å². The molecule has 1 N–H and O–H groups in total. The van der Waals surface area contributed by atoms with Crippen molar-refractivity contribution in [2.24, 2.45) is 5.92 Å². The number of allylic oxidation sites excluding steroid dienone is 1. The summed E-state index contributed by atoms with van der Waals surface area (Å²) in [7, 11) is 0. The molecule has 234 valence electrons. The number of halogens is 4. The molecule has 7 nitrogen and oxygen atoms in total. The van der Waals surface area contributed by atoms with E-state index in [0.29, 0.717) is 51.1 Å². The average molecular weight is 614 g/mol. The van der Waals surface area contributed by atoms with Crippen molar-refractivity contribution in [3.63, 3.8) is 0 Å². The molecule has 1 aromatic carbocycles. The zero-order valence-electron chi connectivity index (χ0n) is 24.3. The van der Waals surface area contributed by atoms with Gasteiger partial charge in [0.05, 0.1) is 12.2 Å². The zero-order valence-corrected chi connectivity index (χ0v) is 25.1. The lowest BCUT2D eigenvalue weighted by Crippen LogP contribution is -2.48. The highest BCUT2D eigenvalue weighted by molar-refractivity contribution is 5.86. The molecule has 4 unspecified atom stereocenters. The molecule has 11 heteroatoms. The van der Waals surface area contributed by atoms with Crippen molar-refractivity contribution in [3.8, 4) is 0 Å². The van der Waals surface area contributed by atoms with Gasteiger partial charge in [-0.1, -0.05) is 43.5 Å². The normalized spacial score (nSPS) is 29.4. The second-order valence-corrected chi connectivity index (χ2v) is 11.9. The minimum absolute atomic E-state index is 0. The van der Waals surface area contributed by atoms with E-state index in [1.807, 2.05) is 6.92 Å². The summed E-state index contributed by atoms with van der Waals surface area (Å²) in [6.07, 6.45) is 7.33. The molecule has 42 heavy (non-hydrogen) atoms. The molecule has 0 bridgehead atoms. The molecule has 0 aromatic heterocycles. The first-order valence-corrected chi connectivity index (χ1v) is 15.2. The summed E-state index contributed by atoms with van der Waals surface area (Å²) >= 11 is 0. The number of rotatable bonds is 3. The third-order valence-corrected chi connectivity index (χ3v) is 9.09. The Morgan fingerprint density at radius 3 is 2.69 bits per heavy atom. The molecular weight excluding hydrogens is 571 g/mol. The number of nitrogens with one attached hydrogen (secondary N) is 1. The first-order valence-electron chi connectivity index (χ1n) is 15.2. The Morgan fingerprint density at radius 1 is 1.12 bits per heavy atom. The number of fused-ring (bicyclic) bond motifs is 3. The third kappa shape index (κ3) is 7.42. The number of amides is 1. The first-order chi connectivity index (χ1) is 19.7. The van der Waals surface area contributed by atoms with Crippen LogP contribution in [0.1, 0.15) is 75.0 Å². The number of carbonyl (C=O) groups excluding carboxylic acids is 2. The Morgan fingerprint density at radius 2 is 1.90 bits per heavy atom. The summed E-state index contributed by atoms with van der Waals surface area (Å²) < 4.78 is 52.2. The highest BCUT2D eigenvalue weighted by Gasteiger charge is 2.60. The standard InChI is InChI=1S/C31H42F3N3O4.ClH/c1-2-40-28(38)30-18-23(30)12-8-6-4-3-5-7-9-15-36-20-25(17-24(36)19-35-30)41-29(39)37-16-14-22-11-10-13-27(26(22)21-37)31(32,33)34;/h8,10-13,23-25,35H,2-7,9,14-21H2,1H3;1H/b12-8-;. The Kier molecular flexibility index (Phi) is 10.9. The fraction of sp³-hybridized carbons (Fsp3) is 0.677. The van der Waals surface area contributed by atoms with E-state index in [0.717, 1.165) is 38.3 Å². The van der Waals surface area contributed by atoms with E-state index >= 15 is 0 Å². The van der Waals surface area contributed by atoms with Crippen molar-refractivity contribution in [1.29, 1.82) is 0 Å². The van der Waals surface area contributed by atoms with E-state index in [1.54, 1.807) is 6.07 Å². The van der Waals surface area contributed by atoms with Gasteiger partial charge in [-0.15, -0.1) is 12.4 Å². The Hall–Kier alpha value is -2.30. The van der Waals surface area contributed by atoms with Crippen LogP contribution in [0.25, 0.3) is 0 Å². The van der Waals surface area contributed by atoms with Crippen molar-refractivity contribution >= 4 is 24.5 Å². The van der Waals surface area contributed by atoms with Gasteiger partial charge >= 0.3 is 18.2 Å². The third-order valence-electron chi connectivity index (χ3n) is 9.09. The molecule has 0 radical (unpaired) electrons. The van der Waals surface area contributed by atoms with Gasteiger partial charge in [-0.2, -0.15) is 13.2 Å². The second kappa shape index (κ2) is 14.0. The van der Waals surface area contributed by atoms with E-state index in [4.69, 9.17) is 9.47 Å². The molecule has 1 aromatic rings. The van der Waals surface area contributed by atoms with Gasteiger partial charge in [0.25, 0.3) is 0 Å². The summed E-state index contributed by atoms with van der Waals surface area (Å²) in [6.45, 7) is 4.39. The van der Waals surface area contributed by atoms with Gasteiger partial charge < -0.3 is 14.4 Å². The zero-order chi connectivity index (χ0) is 29.0. The molecule has 2 fully saturated rings. The molecule has 1 amide bonds. The molecule has 3 aliphatic heterocycles. The number of esters is 1. The largest absolute Gasteiger partial charge is 0.465 e. The molecule has 1 saturated carbocycles. The van der Waals surface area contributed by atoms with E-state index in [2.05, 4.69) is 22.4 Å². The first kappa shape index (κ1) is 32.6. The summed E-state index contributed by atoms with van der Waals surface area (Å²) in [6, 6.07) is 4.28. The van der Waals surface area contributed by atoms with Gasteiger partial charge in [-0.05, 0) is 62.8 Å². The fourth-order valence-corrected chi connectivity index (χ4v) is 6.69. The Bertz CT molecular complexity index is 1130. The van der Waals surface area contributed by atoms with Crippen LogP contribution in [-0.2, 0) is 33.4 Å². The van der Waals surface area contributed by atoms with Crippen molar-refractivity contribution in [1.82, 2.24) is 15.1 Å². The number of ether oxygens (including phenoxy) is 2. The van der Waals surface area contributed by atoms with Crippen molar-refractivity contribution in [3.05, 3.63) is 47.0 Å². The fourth-order valence-electron chi connectivity index (χ4n) is 6.69. The van der Waals surface area contributed by atoms with E-state index in [-0.39, 0.29) is 48.5 Å². The summed E-state index contributed by atoms with van der Waals surface area (Å²) in [5.74, 6) is -0.103. The Labute approximate surface area is 252 Å². The lowest BCUT2D eigenvalue weighted by molar-refractivity contribution is -0.147. The molecule has 0 spiro atoms. The number of hydrogen-bond donors (Lipinski definition) is 1. The van der Waals surface area contributed by atoms with Crippen LogP contribution in [0, 0.1) is 5.92 Å². The monoisotopic (exact) mass is 613 g/mol. The molecule has 1 aliphatic carbocycles. The van der Waals surface area contributed by atoms with E-state index in [1.165, 1.54) is 23.8 Å². The average Bonchev–Trinajstić information content (AvgIpc) is 3.53. The maximum atomic E-state index is 13.6. The lowest BCUT2D eigenvalue weighted by Gasteiger charge is -2.31. The summed E-state index contributed by atoms with van der Waals surface area (Å²) in [5, 5.41) is 3.54. The van der Waals surface area contributed by atoms with Crippen LogP contribution in [-0.4, -0.2) is 72.3 Å². The maximum Gasteiger partial charge on any atom is 0.416 e. The van der Waals surface area contributed by atoms with Gasteiger partial charge in [-0.3, -0.25) is 15.0 Å². The predicted molar refractivity (Wildman–Crippen MR) is 155 cm³/mol. The molecule has 5 rings (SSSR count). The van der Waals surface area contributed by atoms with Crippen molar-refractivity contribution in [2.45, 2.75) is 95.1 Å². The predicted octanol–water partition coefficient (Wildman–Crippen LogP) is 5.89. The molecule has 3 heterocycles.